The van der Waals surface area contributed by atoms with Crippen molar-refractivity contribution in [3.8, 4) is 11.8 Å². The van der Waals surface area contributed by atoms with Crippen molar-refractivity contribution in [1.82, 2.24) is 4.90 Å². The Morgan fingerprint density at radius 2 is 2.00 bits per heavy atom. The van der Waals surface area contributed by atoms with Crippen LogP contribution in [0.15, 0.2) is 27.5 Å². The third kappa shape index (κ3) is 7.07. The van der Waals surface area contributed by atoms with Crippen LogP contribution in [0.1, 0.15) is 65.1 Å². The molecule has 41 heavy (non-hydrogen) atoms. The number of thioether (sulfide) groups is 1. The molecule has 12 heteroatoms. The summed E-state index contributed by atoms with van der Waals surface area (Å²) >= 11 is -0.298. The third-order valence-electron chi connectivity index (χ3n) is 7.34. The molecule has 3 aliphatic rings. The Balaban J connectivity index is 1.36. The summed E-state index contributed by atoms with van der Waals surface area (Å²) in [6.45, 7) is 5.87. The predicted octanol–water partition coefficient (Wildman–Crippen LogP) is 7.23. The van der Waals surface area contributed by atoms with E-state index in [0.717, 1.165) is 19.3 Å². The number of rotatable bonds is 5. The summed E-state index contributed by atoms with van der Waals surface area (Å²) in [6.07, 6.45) is 1.85. The van der Waals surface area contributed by atoms with Crippen LogP contribution in [-0.4, -0.2) is 65.9 Å². The second-order valence-electron chi connectivity index (χ2n) is 11.5. The molecule has 1 aromatic carbocycles. The number of hydrogen-bond acceptors (Lipinski definition) is 7. The van der Waals surface area contributed by atoms with Crippen LogP contribution < -0.4 is 5.32 Å². The number of halogens is 4. The average molecular weight is 599 g/mol. The second-order valence-corrected chi connectivity index (χ2v) is 12.6. The molecule has 1 amide bonds. The molecule has 2 aromatic rings. The number of anilines is 1. The highest BCUT2D eigenvalue weighted by molar-refractivity contribution is 8.00. The molecule has 2 bridgehead atoms. The molecule has 3 aliphatic heterocycles. The van der Waals surface area contributed by atoms with Crippen LogP contribution in [0, 0.1) is 11.8 Å². The van der Waals surface area contributed by atoms with Crippen LogP contribution in [0.4, 0.5) is 28.0 Å². The largest absolute Gasteiger partial charge is 0.446 e. The van der Waals surface area contributed by atoms with E-state index in [1.54, 1.807) is 32.9 Å². The Kier molecular flexibility index (Phi) is 8.69. The Hall–Kier alpha value is -2.62. The van der Waals surface area contributed by atoms with Gasteiger partial charge >= 0.3 is 11.6 Å². The predicted molar refractivity (Wildman–Crippen MR) is 146 cm³/mol. The van der Waals surface area contributed by atoms with Gasteiger partial charge in [0.2, 0.25) is 0 Å². The molecule has 4 heterocycles. The number of nitrogens with one attached hydrogen (secondary N) is 1. The van der Waals surface area contributed by atoms with E-state index in [9.17, 15) is 18.0 Å². The lowest BCUT2D eigenvalue weighted by Gasteiger charge is -2.42. The standard InChI is InChI=1S/C29H34F4N2O5S/c1-28(2,3)40-27(36)35-17-12-13-21(35)24(30)20(16-17)34-19-9-6-8-18-25(19)39-22(26(18)41-29(31,32)33)10-7-15-38-23-11-4-5-14-37-23/h6,8-9,17,20-21,23-24,34H,4-5,11-16H2,1-3H3/t17-,20-,21+,23?,24-/m1/s1. The summed E-state index contributed by atoms with van der Waals surface area (Å²) in [5.74, 6) is 5.29. The van der Waals surface area contributed by atoms with Crippen molar-refractivity contribution in [2.75, 3.05) is 18.5 Å². The van der Waals surface area contributed by atoms with Crippen molar-refractivity contribution in [3.63, 3.8) is 0 Å². The van der Waals surface area contributed by atoms with Crippen LogP contribution in [0.2, 0.25) is 0 Å². The zero-order chi connectivity index (χ0) is 29.4. The van der Waals surface area contributed by atoms with E-state index < -0.39 is 35.5 Å². The van der Waals surface area contributed by atoms with E-state index >= 15 is 4.39 Å². The quantitative estimate of drug-likeness (QED) is 0.221. The lowest BCUT2D eigenvalue weighted by molar-refractivity contribution is -0.154. The fourth-order valence-electron chi connectivity index (χ4n) is 5.69. The van der Waals surface area contributed by atoms with Gasteiger partial charge in [0.05, 0.1) is 22.7 Å². The zero-order valence-corrected chi connectivity index (χ0v) is 24.0. The molecule has 3 fully saturated rings. The van der Waals surface area contributed by atoms with Gasteiger partial charge in [-0.05, 0) is 89.1 Å². The number of piperidine rings is 1. The summed E-state index contributed by atoms with van der Waals surface area (Å²) in [5.41, 5.74) is -4.74. The van der Waals surface area contributed by atoms with Gasteiger partial charge < -0.3 is 23.9 Å². The molecule has 1 N–H and O–H groups in total. The van der Waals surface area contributed by atoms with Crippen molar-refractivity contribution < 1.29 is 41.0 Å². The maximum atomic E-state index is 15.8. The molecule has 0 aliphatic carbocycles. The smallest absolute Gasteiger partial charge is 0.444 e. The Bertz CT molecular complexity index is 1310. The minimum absolute atomic E-state index is 0.0223. The number of benzene rings is 1. The summed E-state index contributed by atoms with van der Waals surface area (Å²) in [4.78, 5) is 14.1. The van der Waals surface area contributed by atoms with Crippen LogP contribution in [0.25, 0.3) is 11.0 Å². The number of hydrogen-bond donors (Lipinski definition) is 1. The van der Waals surface area contributed by atoms with Crippen molar-refractivity contribution >= 4 is 34.5 Å². The minimum atomic E-state index is -4.57. The number of carbonyl (C=O) groups excluding carboxylic acids is 1. The highest BCUT2D eigenvalue weighted by Crippen LogP contribution is 2.46. The molecule has 7 nitrogen and oxygen atoms in total. The fourth-order valence-corrected chi connectivity index (χ4v) is 6.38. The van der Waals surface area contributed by atoms with Crippen LogP contribution in [0.3, 0.4) is 0 Å². The molecular weight excluding hydrogens is 564 g/mol. The lowest BCUT2D eigenvalue weighted by Crippen LogP contribution is -2.57. The van der Waals surface area contributed by atoms with Crippen LogP contribution in [0.5, 0.6) is 0 Å². The fraction of sp³-hybridized carbons (Fsp3) is 0.621. The normalized spacial score (nSPS) is 26.5. The van der Waals surface area contributed by atoms with Crippen molar-refractivity contribution in [3.05, 3.63) is 24.0 Å². The second kappa shape index (κ2) is 11.9. The number of ether oxygens (including phenoxy) is 3. The molecule has 5 atom stereocenters. The summed E-state index contributed by atoms with van der Waals surface area (Å²) < 4.78 is 78.8. The topological polar surface area (TPSA) is 73.2 Å². The number of amides is 1. The molecule has 224 valence electrons. The molecule has 0 radical (unpaired) electrons. The first-order chi connectivity index (χ1) is 19.4. The van der Waals surface area contributed by atoms with E-state index in [0.29, 0.717) is 31.6 Å². The Morgan fingerprint density at radius 1 is 1.20 bits per heavy atom. The summed E-state index contributed by atoms with van der Waals surface area (Å²) in [6, 6.07) is 3.24. The summed E-state index contributed by atoms with van der Waals surface area (Å²) in [7, 11) is 0. The third-order valence-corrected chi connectivity index (χ3v) is 8.18. The van der Waals surface area contributed by atoms with Crippen molar-refractivity contribution in [2.24, 2.45) is 0 Å². The van der Waals surface area contributed by atoms with Gasteiger partial charge in [0.1, 0.15) is 18.4 Å². The number of alkyl halides is 4. The monoisotopic (exact) mass is 598 g/mol. The van der Waals surface area contributed by atoms with Crippen LogP contribution >= 0.6 is 11.8 Å². The Morgan fingerprint density at radius 3 is 2.71 bits per heavy atom. The molecule has 1 unspecified atom stereocenters. The van der Waals surface area contributed by atoms with Gasteiger partial charge in [0, 0.05) is 18.0 Å². The summed E-state index contributed by atoms with van der Waals surface area (Å²) in [5, 5.41) is 3.39. The number of para-hydroxylation sites is 1. The number of carbonyl (C=O) groups is 1. The number of furan rings is 1. The van der Waals surface area contributed by atoms with Gasteiger partial charge in [-0.3, -0.25) is 4.90 Å². The van der Waals surface area contributed by atoms with E-state index in [4.69, 9.17) is 18.6 Å². The first-order valence-corrected chi connectivity index (χ1v) is 14.7. The first-order valence-electron chi connectivity index (χ1n) is 13.8. The van der Waals surface area contributed by atoms with Crippen molar-refractivity contribution in [1.29, 1.82) is 0 Å². The lowest BCUT2D eigenvalue weighted by atomic mass is 9.95. The molecule has 0 saturated carbocycles. The molecule has 3 saturated heterocycles. The number of fused-ring (bicyclic) bond motifs is 3. The van der Waals surface area contributed by atoms with Gasteiger partial charge in [-0.2, -0.15) is 13.2 Å². The van der Waals surface area contributed by atoms with Crippen molar-refractivity contribution in [2.45, 2.75) is 106 Å². The maximum Gasteiger partial charge on any atom is 0.446 e. The highest BCUT2D eigenvalue weighted by atomic mass is 32.2. The van der Waals surface area contributed by atoms with Gasteiger partial charge in [-0.25, -0.2) is 9.18 Å². The average Bonchev–Trinajstić information content (AvgIpc) is 3.42. The van der Waals surface area contributed by atoms with Crippen LogP contribution in [-0.2, 0) is 14.2 Å². The van der Waals surface area contributed by atoms with Gasteiger partial charge in [-0.15, -0.1) is 0 Å². The Labute approximate surface area is 240 Å². The van der Waals surface area contributed by atoms with Gasteiger partial charge in [-0.1, -0.05) is 12.0 Å². The first kappa shape index (κ1) is 29.9. The molecule has 1 aromatic heterocycles. The van der Waals surface area contributed by atoms with E-state index in [1.807, 2.05) is 0 Å². The zero-order valence-electron chi connectivity index (χ0n) is 23.2. The molecule has 5 rings (SSSR count). The number of nitrogens with zero attached hydrogens (tertiary/aromatic N) is 1. The highest BCUT2D eigenvalue weighted by Gasteiger charge is 2.51. The van der Waals surface area contributed by atoms with Gasteiger partial charge in [0.25, 0.3) is 0 Å². The molecule has 0 spiro atoms. The van der Waals surface area contributed by atoms with E-state index in [1.165, 1.54) is 11.0 Å². The SMILES string of the molecule is CC(C)(C)OC(=O)N1[C@@H]2CC[C@H]1[C@H](F)[C@H](Nc1cccc3c(SC(F)(F)F)c(C#CCOC4CCCCO4)oc13)C2. The maximum absolute atomic E-state index is 15.8. The molecular formula is C29H34F4N2O5S. The van der Waals surface area contributed by atoms with Gasteiger partial charge in [0.15, 0.2) is 17.6 Å². The minimum Gasteiger partial charge on any atom is -0.444 e. The van der Waals surface area contributed by atoms with E-state index in [2.05, 4.69) is 17.2 Å². The van der Waals surface area contributed by atoms with E-state index in [-0.39, 0.29) is 52.3 Å².